The summed E-state index contributed by atoms with van der Waals surface area (Å²) in [6.07, 6.45) is 5.44. The van der Waals surface area contributed by atoms with E-state index in [0.29, 0.717) is 0 Å². The van der Waals surface area contributed by atoms with Crippen LogP contribution in [0.15, 0.2) is 41.8 Å². The van der Waals surface area contributed by atoms with Crippen LogP contribution in [0.5, 0.6) is 5.75 Å². The third-order valence-electron chi connectivity index (χ3n) is 3.07. The summed E-state index contributed by atoms with van der Waals surface area (Å²) in [6, 6.07) is 8.20. The Bertz CT molecular complexity index is 628. The second kappa shape index (κ2) is 6.26. The van der Waals surface area contributed by atoms with E-state index in [1.54, 1.807) is 12.5 Å². The van der Waals surface area contributed by atoms with Crippen molar-refractivity contribution in [2.45, 2.75) is 32.6 Å². The molecule has 2 rings (SSSR count). The molecule has 1 aromatic carbocycles. The maximum atomic E-state index is 6.16. The van der Waals surface area contributed by atoms with Crippen LogP contribution in [0.4, 0.5) is 0 Å². The number of hydrogen-bond donors (Lipinski definition) is 0. The van der Waals surface area contributed by atoms with Gasteiger partial charge in [-0.1, -0.05) is 18.2 Å². The number of aryl methyl sites for hydroxylation is 1. The Kier molecular flexibility index (Phi) is 4.62. The summed E-state index contributed by atoms with van der Waals surface area (Å²) < 4.78 is 8.11. The van der Waals surface area contributed by atoms with Gasteiger partial charge >= 0.3 is 0 Å². The summed E-state index contributed by atoms with van der Waals surface area (Å²) in [7, 11) is 0.333. The Morgan fingerprint density at radius 3 is 2.62 bits per heavy atom. The summed E-state index contributed by atoms with van der Waals surface area (Å²) in [6.45, 7) is 8.65. The molecule has 0 aliphatic heterocycles. The van der Waals surface area contributed by atoms with E-state index in [0.717, 1.165) is 17.0 Å². The minimum absolute atomic E-state index is 0.0486. The first-order valence-electron chi connectivity index (χ1n) is 7.14. The Labute approximate surface area is 127 Å². The molecule has 1 aromatic heterocycles. The molecule has 0 aliphatic carbocycles. The Hall–Kier alpha value is -1.88. The van der Waals surface area contributed by atoms with E-state index in [1.807, 2.05) is 36.0 Å². The molecule has 21 heavy (non-hydrogen) atoms. The van der Waals surface area contributed by atoms with Gasteiger partial charge in [-0.15, -0.1) is 0 Å². The topological polar surface area (TPSA) is 39.4 Å². The normalized spacial score (nSPS) is 13.6. The molecular formula is C16H23N3OSi. The van der Waals surface area contributed by atoms with Crippen molar-refractivity contribution in [3.05, 3.63) is 48.0 Å². The molecule has 0 amide bonds. The fraction of sp³-hybridized carbons (Fsp3) is 0.375. The van der Waals surface area contributed by atoms with Crippen molar-refractivity contribution in [1.82, 2.24) is 9.55 Å². The standard InChI is InChI=1S/C16H23N3OSi/c1-13(18-11-14-10-17-12-19(14)2)15-8-6-7-9-16(15)20-21(3,4)5/h6-13H,1-5H3. The first-order chi connectivity index (χ1) is 9.87. The Balaban J connectivity index is 2.21. The maximum Gasteiger partial charge on any atom is 0.242 e. The average molecular weight is 301 g/mol. The van der Waals surface area contributed by atoms with Crippen molar-refractivity contribution in [3.63, 3.8) is 0 Å². The molecule has 4 nitrogen and oxygen atoms in total. The van der Waals surface area contributed by atoms with Gasteiger partial charge in [0.15, 0.2) is 0 Å². The zero-order valence-electron chi connectivity index (χ0n) is 13.4. The van der Waals surface area contributed by atoms with Crippen molar-refractivity contribution < 1.29 is 4.43 Å². The van der Waals surface area contributed by atoms with Crippen molar-refractivity contribution in [3.8, 4) is 5.75 Å². The largest absolute Gasteiger partial charge is 0.544 e. The lowest BCUT2D eigenvalue weighted by molar-refractivity contribution is 0.543. The van der Waals surface area contributed by atoms with Crippen LogP contribution < -0.4 is 4.43 Å². The fourth-order valence-electron chi connectivity index (χ4n) is 2.01. The van der Waals surface area contributed by atoms with Crippen LogP contribution >= 0.6 is 0 Å². The number of para-hydroxylation sites is 1. The molecule has 0 saturated carbocycles. The molecule has 1 atom stereocenters. The molecule has 0 spiro atoms. The highest BCUT2D eigenvalue weighted by atomic mass is 28.4. The lowest BCUT2D eigenvalue weighted by atomic mass is 10.1. The molecule has 112 valence electrons. The van der Waals surface area contributed by atoms with Gasteiger partial charge in [0.05, 0.1) is 24.3 Å². The number of nitrogens with zero attached hydrogens (tertiary/aromatic N) is 3. The van der Waals surface area contributed by atoms with Crippen molar-refractivity contribution in [1.29, 1.82) is 0 Å². The van der Waals surface area contributed by atoms with E-state index in [-0.39, 0.29) is 6.04 Å². The van der Waals surface area contributed by atoms with Crippen LogP contribution in [0.3, 0.4) is 0 Å². The van der Waals surface area contributed by atoms with Crippen molar-refractivity contribution in [2.75, 3.05) is 0 Å². The molecule has 0 saturated heterocycles. The van der Waals surface area contributed by atoms with Crippen LogP contribution in [-0.4, -0.2) is 24.1 Å². The zero-order chi connectivity index (χ0) is 15.5. The van der Waals surface area contributed by atoms with E-state index in [1.165, 1.54) is 0 Å². The Morgan fingerprint density at radius 2 is 2.00 bits per heavy atom. The molecule has 5 heteroatoms. The van der Waals surface area contributed by atoms with Crippen LogP contribution in [0, 0.1) is 0 Å². The van der Waals surface area contributed by atoms with E-state index in [4.69, 9.17) is 4.43 Å². The predicted octanol–water partition coefficient (Wildman–Crippen LogP) is 3.81. The molecule has 0 N–H and O–H groups in total. The maximum absolute atomic E-state index is 6.16. The van der Waals surface area contributed by atoms with Gasteiger partial charge in [-0.3, -0.25) is 4.99 Å². The Morgan fingerprint density at radius 1 is 1.29 bits per heavy atom. The quantitative estimate of drug-likeness (QED) is 0.622. The smallest absolute Gasteiger partial charge is 0.242 e. The van der Waals surface area contributed by atoms with Crippen LogP contribution in [0.2, 0.25) is 19.6 Å². The van der Waals surface area contributed by atoms with Gasteiger partial charge < -0.3 is 8.99 Å². The second-order valence-corrected chi connectivity index (χ2v) is 10.6. The molecule has 0 bridgehead atoms. The number of aromatic nitrogens is 2. The molecule has 0 radical (unpaired) electrons. The lowest BCUT2D eigenvalue weighted by Crippen LogP contribution is -2.29. The van der Waals surface area contributed by atoms with Crippen LogP contribution in [0.1, 0.15) is 24.2 Å². The van der Waals surface area contributed by atoms with E-state index >= 15 is 0 Å². The monoisotopic (exact) mass is 301 g/mol. The van der Waals surface area contributed by atoms with Crippen molar-refractivity contribution in [2.24, 2.45) is 12.0 Å². The number of imidazole rings is 1. The minimum Gasteiger partial charge on any atom is -0.544 e. The van der Waals surface area contributed by atoms with E-state index in [2.05, 4.69) is 42.6 Å². The number of hydrogen-bond acceptors (Lipinski definition) is 3. The van der Waals surface area contributed by atoms with E-state index < -0.39 is 8.32 Å². The van der Waals surface area contributed by atoms with Gasteiger partial charge in [-0.2, -0.15) is 0 Å². The summed E-state index contributed by atoms with van der Waals surface area (Å²) in [4.78, 5) is 8.73. The summed E-state index contributed by atoms with van der Waals surface area (Å²) in [5.41, 5.74) is 2.11. The zero-order valence-corrected chi connectivity index (χ0v) is 14.4. The second-order valence-electron chi connectivity index (χ2n) is 6.14. The van der Waals surface area contributed by atoms with Gasteiger partial charge in [0.1, 0.15) is 5.75 Å². The predicted molar refractivity (Wildman–Crippen MR) is 89.6 cm³/mol. The minimum atomic E-state index is -1.63. The molecule has 1 unspecified atom stereocenters. The fourth-order valence-corrected chi connectivity index (χ4v) is 2.85. The van der Waals surface area contributed by atoms with E-state index in [9.17, 15) is 0 Å². The highest BCUT2D eigenvalue weighted by molar-refractivity contribution is 6.70. The molecule has 2 aromatic rings. The molecule has 1 heterocycles. The summed E-state index contributed by atoms with van der Waals surface area (Å²) in [5.74, 6) is 0.950. The highest BCUT2D eigenvalue weighted by Gasteiger charge is 2.19. The third kappa shape index (κ3) is 4.29. The van der Waals surface area contributed by atoms with Gasteiger partial charge in [-0.05, 0) is 32.6 Å². The molecule has 0 fully saturated rings. The highest BCUT2D eigenvalue weighted by Crippen LogP contribution is 2.29. The van der Waals surface area contributed by atoms with Gasteiger partial charge in [0.2, 0.25) is 8.32 Å². The average Bonchev–Trinajstić information content (AvgIpc) is 2.80. The molecular weight excluding hydrogens is 278 g/mol. The third-order valence-corrected chi connectivity index (χ3v) is 3.90. The molecule has 0 aliphatic rings. The number of rotatable bonds is 5. The van der Waals surface area contributed by atoms with Gasteiger partial charge in [-0.25, -0.2) is 4.98 Å². The van der Waals surface area contributed by atoms with Gasteiger partial charge in [0, 0.05) is 18.8 Å². The summed E-state index contributed by atoms with van der Waals surface area (Å²) in [5, 5.41) is 0. The number of benzene rings is 1. The van der Waals surface area contributed by atoms with Gasteiger partial charge in [0.25, 0.3) is 0 Å². The van der Waals surface area contributed by atoms with Crippen LogP contribution in [-0.2, 0) is 7.05 Å². The first-order valence-corrected chi connectivity index (χ1v) is 10.5. The summed E-state index contributed by atoms with van der Waals surface area (Å²) >= 11 is 0. The van der Waals surface area contributed by atoms with Crippen molar-refractivity contribution >= 4 is 14.5 Å². The SMILES string of the molecule is CC(N=Cc1cncn1C)c1ccccc1O[Si](C)(C)C. The number of aliphatic imine (C=N–C) groups is 1. The first kappa shape index (κ1) is 15.5. The lowest BCUT2D eigenvalue weighted by Gasteiger charge is -2.22. The van der Waals surface area contributed by atoms with Crippen LogP contribution in [0.25, 0.3) is 0 Å².